The summed E-state index contributed by atoms with van der Waals surface area (Å²) in [4.78, 5) is 25.8. The van der Waals surface area contributed by atoms with Crippen LogP contribution in [0.3, 0.4) is 0 Å². The van der Waals surface area contributed by atoms with Crippen LogP contribution < -0.4 is 0 Å². The van der Waals surface area contributed by atoms with Gasteiger partial charge in [0.2, 0.25) is 5.91 Å². The van der Waals surface area contributed by atoms with Crippen LogP contribution >= 0.6 is 0 Å². The fourth-order valence-electron chi connectivity index (χ4n) is 2.91. The number of esters is 1. The zero-order valence-electron chi connectivity index (χ0n) is 11.7. The third kappa shape index (κ3) is 3.58. The van der Waals surface area contributed by atoms with Crippen molar-refractivity contribution < 1.29 is 14.3 Å². The number of hydrogen-bond donors (Lipinski definition) is 0. The lowest BCUT2D eigenvalue weighted by Crippen LogP contribution is -2.41. The zero-order valence-corrected chi connectivity index (χ0v) is 11.7. The standard InChI is InChI=1S/C15H23NO3/c1-2-19-15(18)13-9-6-10-16(13)14(17)11-12-7-4-3-5-8-12/h7,13H,2-6,8-11H2,1H3. The highest BCUT2D eigenvalue weighted by molar-refractivity contribution is 5.86. The Morgan fingerprint density at radius 1 is 1.37 bits per heavy atom. The van der Waals surface area contributed by atoms with E-state index >= 15 is 0 Å². The van der Waals surface area contributed by atoms with E-state index in [1.807, 2.05) is 0 Å². The summed E-state index contributed by atoms with van der Waals surface area (Å²) in [5.41, 5.74) is 1.24. The maximum atomic E-state index is 12.3. The van der Waals surface area contributed by atoms with Gasteiger partial charge >= 0.3 is 5.97 Å². The molecule has 1 amide bonds. The monoisotopic (exact) mass is 265 g/mol. The van der Waals surface area contributed by atoms with Crippen LogP contribution in [0.15, 0.2) is 11.6 Å². The van der Waals surface area contributed by atoms with Gasteiger partial charge in [-0.05, 0) is 45.4 Å². The predicted molar refractivity (Wildman–Crippen MR) is 72.5 cm³/mol. The topological polar surface area (TPSA) is 46.6 Å². The molecule has 0 bridgehead atoms. The van der Waals surface area contributed by atoms with Crippen molar-refractivity contribution in [3.8, 4) is 0 Å². The second-order valence-electron chi connectivity index (χ2n) is 5.28. The van der Waals surface area contributed by atoms with Crippen molar-refractivity contribution in [1.29, 1.82) is 0 Å². The molecule has 0 radical (unpaired) electrons. The molecule has 2 aliphatic rings. The molecule has 1 aliphatic carbocycles. The summed E-state index contributed by atoms with van der Waals surface area (Å²) in [6, 6.07) is -0.350. The number of carbonyl (C=O) groups is 2. The van der Waals surface area contributed by atoms with E-state index in [4.69, 9.17) is 4.74 Å². The highest BCUT2D eigenvalue weighted by Crippen LogP contribution is 2.24. The minimum atomic E-state index is -0.350. The number of hydrogen-bond acceptors (Lipinski definition) is 3. The van der Waals surface area contributed by atoms with E-state index in [0.717, 1.165) is 25.7 Å². The molecule has 4 nitrogen and oxygen atoms in total. The molecule has 1 heterocycles. The van der Waals surface area contributed by atoms with Crippen molar-refractivity contribution in [2.75, 3.05) is 13.2 Å². The highest BCUT2D eigenvalue weighted by Gasteiger charge is 2.35. The third-order valence-electron chi connectivity index (χ3n) is 3.90. The van der Waals surface area contributed by atoms with Gasteiger partial charge in [-0.25, -0.2) is 4.79 Å². The van der Waals surface area contributed by atoms with Crippen LogP contribution in [0, 0.1) is 0 Å². The van der Waals surface area contributed by atoms with Crippen LogP contribution in [0.5, 0.6) is 0 Å². The van der Waals surface area contributed by atoms with E-state index in [0.29, 0.717) is 19.6 Å². The average Bonchev–Trinajstić information content (AvgIpc) is 2.89. The second kappa shape index (κ2) is 6.73. The minimum Gasteiger partial charge on any atom is -0.464 e. The molecular weight excluding hydrogens is 242 g/mol. The van der Waals surface area contributed by atoms with E-state index in [9.17, 15) is 9.59 Å². The minimum absolute atomic E-state index is 0.0868. The van der Waals surface area contributed by atoms with Crippen molar-refractivity contribution in [3.05, 3.63) is 11.6 Å². The van der Waals surface area contributed by atoms with Gasteiger partial charge in [0.1, 0.15) is 6.04 Å². The smallest absolute Gasteiger partial charge is 0.328 e. The molecule has 0 spiro atoms. The van der Waals surface area contributed by atoms with Crippen molar-refractivity contribution in [1.82, 2.24) is 4.90 Å². The number of rotatable bonds is 4. The molecule has 1 fully saturated rings. The van der Waals surface area contributed by atoms with Gasteiger partial charge < -0.3 is 9.64 Å². The van der Waals surface area contributed by atoms with Gasteiger partial charge in [0.05, 0.1) is 6.61 Å². The lowest BCUT2D eigenvalue weighted by atomic mass is 9.97. The summed E-state index contributed by atoms with van der Waals surface area (Å²) in [5.74, 6) is -0.158. The number of ether oxygens (including phenoxy) is 1. The molecule has 1 saturated heterocycles. The second-order valence-corrected chi connectivity index (χ2v) is 5.28. The lowest BCUT2D eigenvalue weighted by molar-refractivity contribution is -0.152. The Morgan fingerprint density at radius 2 is 2.21 bits per heavy atom. The first-order chi connectivity index (χ1) is 9.22. The van der Waals surface area contributed by atoms with Gasteiger partial charge in [-0.1, -0.05) is 11.6 Å². The summed E-state index contributed by atoms with van der Waals surface area (Å²) in [6.45, 7) is 2.87. The SMILES string of the molecule is CCOC(=O)C1CCCN1C(=O)CC1=CCCCC1. The normalized spacial score (nSPS) is 23.1. The zero-order chi connectivity index (χ0) is 13.7. The van der Waals surface area contributed by atoms with E-state index in [2.05, 4.69) is 6.08 Å². The number of amides is 1. The van der Waals surface area contributed by atoms with Crippen molar-refractivity contribution in [2.45, 2.75) is 57.9 Å². The number of carbonyl (C=O) groups excluding carboxylic acids is 2. The highest BCUT2D eigenvalue weighted by atomic mass is 16.5. The third-order valence-corrected chi connectivity index (χ3v) is 3.90. The van der Waals surface area contributed by atoms with E-state index < -0.39 is 0 Å². The molecule has 1 unspecified atom stereocenters. The van der Waals surface area contributed by atoms with Crippen LogP contribution in [0.4, 0.5) is 0 Å². The molecule has 19 heavy (non-hydrogen) atoms. The fraction of sp³-hybridized carbons (Fsp3) is 0.733. The summed E-state index contributed by atoms with van der Waals surface area (Å²) in [5, 5.41) is 0. The lowest BCUT2D eigenvalue weighted by Gasteiger charge is -2.24. The van der Waals surface area contributed by atoms with Gasteiger partial charge in [-0.2, -0.15) is 0 Å². The summed E-state index contributed by atoms with van der Waals surface area (Å²) < 4.78 is 5.05. The Kier molecular flexibility index (Phi) is 5.00. The van der Waals surface area contributed by atoms with Gasteiger partial charge in [-0.3, -0.25) is 4.79 Å². The van der Waals surface area contributed by atoms with Crippen molar-refractivity contribution in [3.63, 3.8) is 0 Å². The number of allylic oxidation sites excluding steroid dienone is 1. The first-order valence-electron chi connectivity index (χ1n) is 7.36. The number of likely N-dealkylation sites (tertiary alicyclic amines) is 1. The van der Waals surface area contributed by atoms with E-state index in [-0.39, 0.29) is 17.9 Å². The first kappa shape index (κ1) is 14.1. The Labute approximate surface area is 114 Å². The molecule has 0 aromatic rings. The summed E-state index contributed by atoms with van der Waals surface area (Å²) in [7, 11) is 0. The summed E-state index contributed by atoms with van der Waals surface area (Å²) >= 11 is 0. The molecule has 0 N–H and O–H groups in total. The van der Waals surface area contributed by atoms with E-state index in [1.54, 1.807) is 11.8 Å². The Bertz CT molecular complexity index is 376. The van der Waals surface area contributed by atoms with Gasteiger partial charge in [-0.15, -0.1) is 0 Å². The molecule has 2 rings (SSSR count). The average molecular weight is 265 g/mol. The molecule has 0 aromatic heterocycles. The molecule has 0 aromatic carbocycles. The maximum absolute atomic E-state index is 12.3. The van der Waals surface area contributed by atoms with Crippen molar-refractivity contribution >= 4 is 11.9 Å². The fourth-order valence-corrected chi connectivity index (χ4v) is 2.91. The Hall–Kier alpha value is -1.32. The molecule has 1 aliphatic heterocycles. The van der Waals surface area contributed by atoms with Gasteiger partial charge in [0.15, 0.2) is 0 Å². The van der Waals surface area contributed by atoms with Crippen LogP contribution in [0.25, 0.3) is 0 Å². The quantitative estimate of drug-likeness (QED) is 0.579. The van der Waals surface area contributed by atoms with Crippen LogP contribution in [-0.2, 0) is 14.3 Å². The Morgan fingerprint density at radius 3 is 2.89 bits per heavy atom. The van der Waals surface area contributed by atoms with Crippen LogP contribution in [0.2, 0.25) is 0 Å². The van der Waals surface area contributed by atoms with Gasteiger partial charge in [0, 0.05) is 13.0 Å². The molecule has 106 valence electrons. The van der Waals surface area contributed by atoms with Gasteiger partial charge in [0.25, 0.3) is 0 Å². The van der Waals surface area contributed by atoms with Crippen molar-refractivity contribution in [2.24, 2.45) is 0 Å². The molecule has 1 atom stereocenters. The molecular formula is C15H23NO3. The molecule has 0 saturated carbocycles. The predicted octanol–water partition coefficient (Wildman–Crippen LogP) is 2.43. The maximum Gasteiger partial charge on any atom is 0.328 e. The first-order valence-corrected chi connectivity index (χ1v) is 7.36. The largest absolute Gasteiger partial charge is 0.464 e. The molecule has 4 heteroatoms. The van der Waals surface area contributed by atoms with E-state index in [1.165, 1.54) is 18.4 Å². The Balaban J connectivity index is 1.93. The van der Waals surface area contributed by atoms with Crippen LogP contribution in [0.1, 0.15) is 51.9 Å². The van der Waals surface area contributed by atoms with Crippen LogP contribution in [-0.4, -0.2) is 36.0 Å². The summed E-state index contributed by atoms with van der Waals surface area (Å²) in [6.07, 6.45) is 8.84. The number of nitrogens with zero attached hydrogens (tertiary/aromatic N) is 1.